The van der Waals surface area contributed by atoms with E-state index in [1.54, 1.807) is 36.4 Å². The van der Waals surface area contributed by atoms with Crippen LogP contribution < -0.4 is 20.7 Å². The zero-order valence-electron chi connectivity index (χ0n) is 27.0. The van der Waals surface area contributed by atoms with Crippen LogP contribution in [-0.4, -0.2) is 62.0 Å². The zero-order chi connectivity index (χ0) is 35.1. The van der Waals surface area contributed by atoms with E-state index in [0.717, 1.165) is 27.2 Å². The van der Waals surface area contributed by atoms with Gasteiger partial charge in [0, 0.05) is 26.1 Å². The number of amides is 3. The third-order valence-corrected chi connectivity index (χ3v) is 11.4. The van der Waals surface area contributed by atoms with Crippen LogP contribution in [0.2, 0.25) is 0 Å². The molecule has 0 aromatic heterocycles. The smallest absolute Gasteiger partial charge is 0.283 e. The Morgan fingerprint density at radius 3 is 2.06 bits per heavy atom. The van der Waals surface area contributed by atoms with Crippen molar-refractivity contribution >= 4 is 55.0 Å². The summed E-state index contributed by atoms with van der Waals surface area (Å²) in [5.41, 5.74) is 0.739. The number of sulfonamides is 1. The topological polar surface area (TPSA) is 177 Å². The van der Waals surface area contributed by atoms with Gasteiger partial charge < -0.3 is 16.0 Å². The lowest BCUT2D eigenvalue weighted by Gasteiger charge is -2.25. The van der Waals surface area contributed by atoms with E-state index in [4.69, 9.17) is 0 Å². The number of nitro groups is 1. The van der Waals surface area contributed by atoms with Gasteiger partial charge in [-0.05, 0) is 59.7 Å². The molecule has 258 valence electrons. The number of likely N-dealkylation sites (N-methyl/N-ethyl adjacent to an activating group) is 1. The molecule has 0 radical (unpaired) electrons. The molecule has 3 aromatic rings. The minimum atomic E-state index is -3.76. The Balaban J connectivity index is 1.76. The third kappa shape index (κ3) is 12.3. The van der Waals surface area contributed by atoms with Crippen LogP contribution in [0, 0.1) is 16.0 Å². The highest BCUT2D eigenvalue weighted by Gasteiger charge is 2.30. The molecule has 12 nitrogen and oxygen atoms in total. The molecule has 0 saturated heterocycles. The standard InChI is InChI=1S/C33H41N5O7S3/c1-23(2)21-26(32(40)36-27(31(39)34-3)22-24-13-6-4-7-14-24)37-33(41)30(47-46-29-18-11-10-17-28(29)38(42)43)19-12-20-35-48(44,45)25-15-8-5-9-16-25/h4-11,13-18,23,26-27,30,35H,12,19-22H2,1-3H3,(H,34,39)(H,36,40)(H,37,41)/t26-,27-,30?/m0/s1. The first kappa shape index (κ1) is 38.5. The Kier molecular flexibility index (Phi) is 15.4. The van der Waals surface area contributed by atoms with E-state index >= 15 is 0 Å². The molecular weight excluding hydrogens is 675 g/mol. The molecule has 1 unspecified atom stereocenters. The second-order valence-electron chi connectivity index (χ2n) is 11.3. The normalized spacial score (nSPS) is 13.2. The molecule has 0 spiro atoms. The van der Waals surface area contributed by atoms with E-state index in [1.807, 2.05) is 44.2 Å². The van der Waals surface area contributed by atoms with E-state index in [2.05, 4.69) is 20.7 Å². The predicted molar refractivity (Wildman–Crippen MR) is 189 cm³/mol. The van der Waals surface area contributed by atoms with Crippen molar-refractivity contribution in [3.63, 3.8) is 0 Å². The lowest BCUT2D eigenvalue weighted by Crippen LogP contribution is -2.55. The number of hydrogen-bond acceptors (Lipinski definition) is 9. The van der Waals surface area contributed by atoms with Crippen LogP contribution in [-0.2, 0) is 30.8 Å². The van der Waals surface area contributed by atoms with Crippen LogP contribution in [0.1, 0.15) is 38.7 Å². The van der Waals surface area contributed by atoms with E-state index in [0.29, 0.717) is 4.90 Å². The highest BCUT2D eigenvalue weighted by Crippen LogP contribution is 2.40. The van der Waals surface area contributed by atoms with E-state index in [1.165, 1.54) is 25.2 Å². The first-order chi connectivity index (χ1) is 22.9. The highest BCUT2D eigenvalue weighted by molar-refractivity contribution is 8.77. The van der Waals surface area contributed by atoms with Gasteiger partial charge in [0.15, 0.2) is 0 Å². The maximum absolute atomic E-state index is 13.8. The summed E-state index contributed by atoms with van der Waals surface area (Å²) in [6.07, 6.45) is 1.01. The summed E-state index contributed by atoms with van der Waals surface area (Å²) in [7, 11) is -0.122. The van der Waals surface area contributed by atoms with Gasteiger partial charge in [-0.25, -0.2) is 13.1 Å². The molecule has 0 bridgehead atoms. The molecule has 0 aliphatic carbocycles. The molecule has 0 saturated carbocycles. The third-order valence-electron chi connectivity index (χ3n) is 7.10. The summed E-state index contributed by atoms with van der Waals surface area (Å²) in [5.74, 6) is -1.38. The SMILES string of the molecule is CNC(=O)[C@H](Cc1ccccc1)NC(=O)[C@H](CC(C)C)NC(=O)C(CCCNS(=O)(=O)c1ccccc1)SSc1ccccc1[N+](=O)[O-]. The van der Waals surface area contributed by atoms with E-state index in [-0.39, 0.29) is 54.6 Å². The van der Waals surface area contributed by atoms with Crippen molar-refractivity contribution in [3.05, 3.63) is 101 Å². The van der Waals surface area contributed by atoms with Crippen LogP contribution in [0.5, 0.6) is 0 Å². The Morgan fingerprint density at radius 2 is 1.44 bits per heavy atom. The number of carbonyl (C=O) groups excluding carboxylic acids is 3. The Morgan fingerprint density at radius 1 is 0.833 bits per heavy atom. The van der Waals surface area contributed by atoms with Crippen molar-refractivity contribution in [1.29, 1.82) is 0 Å². The van der Waals surface area contributed by atoms with Gasteiger partial charge in [-0.15, -0.1) is 0 Å². The summed E-state index contributed by atoms with van der Waals surface area (Å²) in [5, 5.41) is 19.0. The minimum absolute atomic E-state index is 0.00784. The first-order valence-corrected chi connectivity index (χ1v) is 19.1. The second kappa shape index (κ2) is 19.2. The van der Waals surface area contributed by atoms with Crippen molar-refractivity contribution in [1.82, 2.24) is 20.7 Å². The molecule has 15 heteroatoms. The van der Waals surface area contributed by atoms with E-state index in [9.17, 15) is 32.9 Å². The molecule has 0 heterocycles. The van der Waals surface area contributed by atoms with Gasteiger partial charge >= 0.3 is 0 Å². The summed E-state index contributed by atoms with van der Waals surface area (Å²) in [6, 6.07) is 21.5. The summed E-state index contributed by atoms with van der Waals surface area (Å²) >= 11 is 0. The zero-order valence-corrected chi connectivity index (χ0v) is 29.4. The Labute approximate surface area is 289 Å². The maximum atomic E-state index is 13.8. The lowest BCUT2D eigenvalue weighted by molar-refractivity contribution is -0.387. The number of nitrogens with zero attached hydrogens (tertiary/aromatic N) is 1. The number of para-hydroxylation sites is 1. The molecule has 3 rings (SSSR count). The van der Waals surface area contributed by atoms with Gasteiger partial charge in [0.05, 0.1) is 20.0 Å². The van der Waals surface area contributed by atoms with Gasteiger partial charge in [-0.3, -0.25) is 24.5 Å². The number of hydrogen-bond donors (Lipinski definition) is 4. The average molecular weight is 716 g/mol. The quantitative estimate of drug-likeness (QED) is 0.0604. The fourth-order valence-corrected chi connectivity index (χ4v) is 8.39. The van der Waals surface area contributed by atoms with Gasteiger partial charge in [0.1, 0.15) is 12.1 Å². The monoisotopic (exact) mass is 715 g/mol. The minimum Gasteiger partial charge on any atom is -0.357 e. The molecule has 0 aliphatic rings. The molecule has 0 fully saturated rings. The fourth-order valence-electron chi connectivity index (χ4n) is 4.66. The van der Waals surface area contributed by atoms with Crippen molar-refractivity contribution in [3.8, 4) is 0 Å². The molecule has 3 atom stereocenters. The summed E-state index contributed by atoms with van der Waals surface area (Å²) in [6.45, 7) is 3.85. The maximum Gasteiger partial charge on any atom is 0.283 e. The van der Waals surface area contributed by atoms with Crippen LogP contribution in [0.25, 0.3) is 0 Å². The van der Waals surface area contributed by atoms with Crippen LogP contribution >= 0.6 is 21.6 Å². The number of carbonyl (C=O) groups is 3. The lowest BCUT2D eigenvalue weighted by atomic mass is 10.0. The van der Waals surface area contributed by atoms with Gasteiger partial charge in [0.2, 0.25) is 27.7 Å². The van der Waals surface area contributed by atoms with Crippen LogP contribution in [0.4, 0.5) is 5.69 Å². The molecule has 0 aliphatic heterocycles. The largest absolute Gasteiger partial charge is 0.357 e. The number of nitro benzene ring substituents is 1. The van der Waals surface area contributed by atoms with Crippen molar-refractivity contribution in [2.24, 2.45) is 5.92 Å². The highest BCUT2D eigenvalue weighted by atomic mass is 33.1. The number of rotatable bonds is 19. The Hall–Kier alpha value is -3.92. The second-order valence-corrected chi connectivity index (χ2v) is 15.5. The molecule has 3 amide bonds. The Bertz CT molecular complexity index is 1630. The molecular formula is C33H41N5O7S3. The molecule has 4 N–H and O–H groups in total. The summed E-state index contributed by atoms with van der Waals surface area (Å²) in [4.78, 5) is 51.6. The van der Waals surface area contributed by atoms with Gasteiger partial charge in [-0.1, -0.05) is 85.3 Å². The number of benzene rings is 3. The molecule has 3 aromatic carbocycles. The fraction of sp³-hybridized carbons (Fsp3) is 0.364. The van der Waals surface area contributed by atoms with Gasteiger partial charge in [0.25, 0.3) is 5.69 Å². The van der Waals surface area contributed by atoms with Crippen molar-refractivity contribution in [2.45, 2.75) is 66.7 Å². The van der Waals surface area contributed by atoms with Crippen molar-refractivity contribution < 1.29 is 27.7 Å². The van der Waals surface area contributed by atoms with Crippen LogP contribution in [0.15, 0.2) is 94.7 Å². The van der Waals surface area contributed by atoms with E-state index < -0.39 is 44.1 Å². The van der Waals surface area contributed by atoms with Crippen molar-refractivity contribution in [2.75, 3.05) is 13.6 Å². The first-order valence-electron chi connectivity index (χ1n) is 15.4. The average Bonchev–Trinajstić information content (AvgIpc) is 3.07. The number of nitrogens with one attached hydrogen (secondary N) is 4. The predicted octanol–water partition coefficient (Wildman–Crippen LogP) is 4.47. The molecule has 48 heavy (non-hydrogen) atoms. The van der Waals surface area contributed by atoms with Crippen LogP contribution in [0.3, 0.4) is 0 Å². The van der Waals surface area contributed by atoms with Gasteiger partial charge in [-0.2, -0.15) is 0 Å². The summed E-state index contributed by atoms with van der Waals surface area (Å²) < 4.78 is 27.9.